The summed E-state index contributed by atoms with van der Waals surface area (Å²) in [6, 6.07) is 9.08. The Labute approximate surface area is 138 Å². The van der Waals surface area contributed by atoms with Gasteiger partial charge in [0.15, 0.2) is 0 Å². The Kier molecular flexibility index (Phi) is 4.87. The van der Waals surface area contributed by atoms with Crippen molar-refractivity contribution < 1.29 is 9.53 Å². The first kappa shape index (κ1) is 16.3. The maximum Gasteiger partial charge on any atom is 0.317 e. The predicted molar refractivity (Wildman–Crippen MR) is 90.4 cm³/mol. The zero-order valence-electron chi connectivity index (χ0n) is 14.3. The predicted octanol–water partition coefficient (Wildman–Crippen LogP) is 2.00. The zero-order valence-corrected chi connectivity index (χ0v) is 14.3. The molecule has 2 heterocycles. The molecule has 126 valence electrons. The Morgan fingerprint density at radius 3 is 3.00 bits per heavy atom. The summed E-state index contributed by atoms with van der Waals surface area (Å²) in [7, 11) is 3.54. The Bertz CT molecular complexity index is 561. The minimum absolute atomic E-state index is 0.0414. The van der Waals surface area contributed by atoms with Gasteiger partial charge in [-0.2, -0.15) is 0 Å². The highest BCUT2D eigenvalue weighted by molar-refractivity contribution is 5.74. The molecule has 3 atom stereocenters. The Morgan fingerprint density at radius 2 is 2.26 bits per heavy atom. The van der Waals surface area contributed by atoms with Gasteiger partial charge < -0.3 is 15.0 Å². The molecule has 0 saturated carbocycles. The van der Waals surface area contributed by atoms with Gasteiger partial charge in [0.2, 0.25) is 0 Å². The monoisotopic (exact) mass is 317 g/mol. The first-order valence-corrected chi connectivity index (χ1v) is 8.43. The maximum absolute atomic E-state index is 12.0. The lowest BCUT2D eigenvalue weighted by atomic mass is 10.0. The SMILES string of the molecule is Cc1cccc(CN2C[C@@H](NC(=O)N(C)C)[C@H]3OCCC[C@H]32)c1. The zero-order chi connectivity index (χ0) is 16.4. The third kappa shape index (κ3) is 3.67. The van der Waals surface area contributed by atoms with Crippen LogP contribution in [-0.4, -0.2) is 61.3 Å². The smallest absolute Gasteiger partial charge is 0.317 e. The average molecular weight is 317 g/mol. The van der Waals surface area contributed by atoms with Crippen LogP contribution < -0.4 is 5.32 Å². The van der Waals surface area contributed by atoms with Gasteiger partial charge in [-0.3, -0.25) is 4.90 Å². The summed E-state index contributed by atoms with van der Waals surface area (Å²) in [6.45, 7) is 4.69. The fourth-order valence-corrected chi connectivity index (χ4v) is 3.70. The van der Waals surface area contributed by atoms with Crippen molar-refractivity contribution in [3.63, 3.8) is 0 Å². The van der Waals surface area contributed by atoms with Gasteiger partial charge in [0.05, 0.1) is 12.1 Å². The molecule has 0 bridgehead atoms. The van der Waals surface area contributed by atoms with Crippen molar-refractivity contribution in [2.45, 2.75) is 44.5 Å². The number of hydrogen-bond donors (Lipinski definition) is 1. The Morgan fingerprint density at radius 1 is 1.43 bits per heavy atom. The summed E-state index contributed by atoms with van der Waals surface area (Å²) in [4.78, 5) is 16.1. The molecule has 0 radical (unpaired) electrons. The van der Waals surface area contributed by atoms with E-state index in [0.717, 1.165) is 32.5 Å². The second kappa shape index (κ2) is 6.89. The van der Waals surface area contributed by atoms with Gasteiger partial charge in [-0.1, -0.05) is 29.8 Å². The number of ether oxygens (including phenoxy) is 1. The molecule has 1 aromatic carbocycles. The standard InChI is InChI=1S/C18H27N3O2/c1-13-6-4-7-14(10-13)11-21-12-15(19-18(22)20(2)3)17-16(21)8-5-9-23-17/h4,6-7,10,15-17H,5,8-9,11-12H2,1-3H3,(H,19,22)/t15-,16-,17-/m1/s1. The van der Waals surface area contributed by atoms with Crippen molar-refractivity contribution in [3.8, 4) is 0 Å². The lowest BCUT2D eigenvalue weighted by molar-refractivity contribution is -0.0207. The number of hydrogen-bond acceptors (Lipinski definition) is 3. The van der Waals surface area contributed by atoms with E-state index in [1.165, 1.54) is 11.1 Å². The second-order valence-electron chi connectivity index (χ2n) is 6.91. The van der Waals surface area contributed by atoms with Crippen LogP contribution in [0, 0.1) is 6.92 Å². The number of amides is 2. The van der Waals surface area contributed by atoms with E-state index in [4.69, 9.17) is 4.74 Å². The van der Waals surface area contributed by atoms with Crippen LogP contribution in [-0.2, 0) is 11.3 Å². The molecule has 2 aliphatic heterocycles. The van der Waals surface area contributed by atoms with Crippen molar-refractivity contribution in [1.82, 2.24) is 15.1 Å². The summed E-state index contributed by atoms with van der Waals surface area (Å²) in [5.41, 5.74) is 2.62. The topological polar surface area (TPSA) is 44.8 Å². The largest absolute Gasteiger partial charge is 0.374 e. The highest BCUT2D eigenvalue weighted by Gasteiger charge is 2.44. The summed E-state index contributed by atoms with van der Waals surface area (Å²) in [5, 5.41) is 3.12. The normalized spacial score (nSPS) is 27.5. The molecule has 5 nitrogen and oxygen atoms in total. The number of rotatable bonds is 3. The van der Waals surface area contributed by atoms with E-state index >= 15 is 0 Å². The molecule has 2 aliphatic rings. The van der Waals surface area contributed by atoms with Gasteiger partial charge in [0.25, 0.3) is 0 Å². The van der Waals surface area contributed by atoms with E-state index in [1.54, 1.807) is 19.0 Å². The van der Waals surface area contributed by atoms with E-state index in [0.29, 0.717) is 6.04 Å². The van der Waals surface area contributed by atoms with Crippen LogP contribution in [0.15, 0.2) is 24.3 Å². The molecule has 1 aromatic rings. The van der Waals surface area contributed by atoms with Crippen molar-refractivity contribution in [3.05, 3.63) is 35.4 Å². The van der Waals surface area contributed by atoms with Crippen LogP contribution in [0.4, 0.5) is 4.79 Å². The highest BCUT2D eigenvalue weighted by atomic mass is 16.5. The quantitative estimate of drug-likeness (QED) is 0.927. The molecular formula is C18H27N3O2. The summed E-state index contributed by atoms with van der Waals surface area (Å²) in [6.07, 6.45) is 2.35. The number of aryl methyl sites for hydroxylation is 1. The van der Waals surface area contributed by atoms with Crippen LogP contribution in [0.5, 0.6) is 0 Å². The first-order valence-electron chi connectivity index (χ1n) is 8.43. The number of fused-ring (bicyclic) bond motifs is 1. The van der Waals surface area contributed by atoms with Gasteiger partial charge in [0.1, 0.15) is 0 Å². The fraction of sp³-hybridized carbons (Fsp3) is 0.611. The van der Waals surface area contributed by atoms with Crippen LogP contribution in [0.25, 0.3) is 0 Å². The van der Waals surface area contributed by atoms with Gasteiger partial charge >= 0.3 is 6.03 Å². The van der Waals surface area contributed by atoms with E-state index in [2.05, 4.69) is 41.4 Å². The molecule has 2 amide bonds. The molecule has 2 fully saturated rings. The Balaban J connectivity index is 1.72. The van der Waals surface area contributed by atoms with E-state index in [9.17, 15) is 4.79 Å². The highest BCUT2D eigenvalue weighted by Crippen LogP contribution is 2.30. The van der Waals surface area contributed by atoms with Crippen molar-refractivity contribution in [2.75, 3.05) is 27.2 Å². The fourth-order valence-electron chi connectivity index (χ4n) is 3.70. The molecule has 3 rings (SSSR count). The molecule has 1 N–H and O–H groups in total. The minimum atomic E-state index is -0.0414. The number of carbonyl (C=O) groups excluding carboxylic acids is 1. The van der Waals surface area contributed by atoms with Crippen molar-refractivity contribution >= 4 is 6.03 Å². The molecule has 23 heavy (non-hydrogen) atoms. The van der Waals surface area contributed by atoms with Gasteiger partial charge in [-0.05, 0) is 25.3 Å². The maximum atomic E-state index is 12.0. The van der Waals surface area contributed by atoms with Gasteiger partial charge in [-0.25, -0.2) is 4.79 Å². The van der Waals surface area contributed by atoms with Crippen LogP contribution in [0.3, 0.4) is 0 Å². The number of nitrogens with zero attached hydrogens (tertiary/aromatic N) is 2. The van der Waals surface area contributed by atoms with E-state index in [1.807, 2.05) is 0 Å². The number of nitrogens with one attached hydrogen (secondary N) is 1. The molecule has 0 unspecified atom stereocenters. The number of carbonyl (C=O) groups is 1. The van der Waals surface area contributed by atoms with E-state index < -0.39 is 0 Å². The molecule has 2 saturated heterocycles. The molecular weight excluding hydrogens is 290 g/mol. The van der Waals surface area contributed by atoms with Crippen molar-refractivity contribution in [2.24, 2.45) is 0 Å². The molecule has 0 aromatic heterocycles. The van der Waals surface area contributed by atoms with Gasteiger partial charge in [-0.15, -0.1) is 0 Å². The number of benzene rings is 1. The number of likely N-dealkylation sites (tertiary alicyclic amines) is 1. The molecule has 0 aliphatic carbocycles. The number of urea groups is 1. The second-order valence-corrected chi connectivity index (χ2v) is 6.91. The van der Waals surface area contributed by atoms with Crippen molar-refractivity contribution in [1.29, 1.82) is 0 Å². The van der Waals surface area contributed by atoms with Gasteiger partial charge in [0, 0.05) is 39.8 Å². The minimum Gasteiger partial charge on any atom is -0.374 e. The van der Waals surface area contributed by atoms with Crippen LogP contribution in [0.2, 0.25) is 0 Å². The molecule has 5 heteroatoms. The average Bonchev–Trinajstić information content (AvgIpc) is 2.85. The van der Waals surface area contributed by atoms with E-state index in [-0.39, 0.29) is 18.2 Å². The summed E-state index contributed by atoms with van der Waals surface area (Å²) < 4.78 is 6.01. The lowest BCUT2D eigenvalue weighted by Gasteiger charge is -2.32. The Hall–Kier alpha value is -1.59. The lowest BCUT2D eigenvalue weighted by Crippen LogP contribution is -2.50. The van der Waals surface area contributed by atoms with Crippen LogP contribution in [0.1, 0.15) is 24.0 Å². The van der Waals surface area contributed by atoms with Crippen LogP contribution >= 0.6 is 0 Å². The third-order valence-electron chi connectivity index (χ3n) is 4.81. The first-order chi connectivity index (χ1) is 11.0. The molecule has 0 spiro atoms. The summed E-state index contributed by atoms with van der Waals surface area (Å²) in [5.74, 6) is 0. The third-order valence-corrected chi connectivity index (χ3v) is 4.81. The summed E-state index contributed by atoms with van der Waals surface area (Å²) >= 11 is 0.